The Hall–Kier alpha value is -1.12. The van der Waals surface area contributed by atoms with Crippen LogP contribution in [0.1, 0.15) is 37.7 Å². The number of nitrogens with zero attached hydrogens (tertiary/aromatic N) is 1. The second-order valence-corrected chi connectivity index (χ2v) is 10.1. The predicted octanol–water partition coefficient (Wildman–Crippen LogP) is 4.50. The highest BCUT2D eigenvalue weighted by molar-refractivity contribution is 8.21. The molecule has 5 heteroatoms. The van der Waals surface area contributed by atoms with E-state index in [4.69, 9.17) is 5.26 Å². The Morgan fingerprint density at radius 3 is 2.33 bits per heavy atom. The number of rotatable bonds is 2. The van der Waals surface area contributed by atoms with Crippen molar-refractivity contribution in [2.45, 2.75) is 36.2 Å². The van der Waals surface area contributed by atoms with Crippen LogP contribution in [0.2, 0.25) is 0 Å². The van der Waals surface area contributed by atoms with E-state index in [1.54, 1.807) is 12.1 Å². The largest absolute Gasteiger partial charge is 0.326 e. The SMILES string of the molecule is N#Cc1ccc(NC(=O)C2C[C@H]3CCC[C@@H](C2)C32SCCS2)cc1. The first kappa shape index (κ1) is 16.4. The summed E-state index contributed by atoms with van der Waals surface area (Å²) >= 11 is 4.36. The molecule has 1 N–H and O–H groups in total. The number of hydrogen-bond donors (Lipinski definition) is 1. The zero-order valence-electron chi connectivity index (χ0n) is 13.7. The number of nitriles is 1. The van der Waals surface area contributed by atoms with Crippen LogP contribution < -0.4 is 5.32 Å². The van der Waals surface area contributed by atoms with Gasteiger partial charge >= 0.3 is 0 Å². The molecule has 24 heavy (non-hydrogen) atoms. The summed E-state index contributed by atoms with van der Waals surface area (Å²) in [5.74, 6) is 4.25. The summed E-state index contributed by atoms with van der Waals surface area (Å²) in [6.45, 7) is 0. The minimum atomic E-state index is 0.142. The first-order valence-corrected chi connectivity index (χ1v) is 10.8. The topological polar surface area (TPSA) is 52.9 Å². The number of thioether (sulfide) groups is 2. The van der Waals surface area contributed by atoms with Gasteiger partial charge in [-0.2, -0.15) is 5.26 Å². The fourth-order valence-electron chi connectivity index (χ4n) is 4.70. The molecule has 3 aliphatic rings. The molecule has 1 aromatic rings. The van der Waals surface area contributed by atoms with Crippen LogP contribution in [0.5, 0.6) is 0 Å². The summed E-state index contributed by atoms with van der Waals surface area (Å²) in [4.78, 5) is 12.8. The normalized spacial score (nSPS) is 30.7. The van der Waals surface area contributed by atoms with Crippen molar-refractivity contribution in [1.29, 1.82) is 5.26 Å². The molecule has 0 radical (unpaired) electrons. The van der Waals surface area contributed by atoms with Gasteiger partial charge in [0, 0.05) is 23.1 Å². The molecule has 1 amide bonds. The van der Waals surface area contributed by atoms with Gasteiger partial charge in [0.15, 0.2) is 0 Å². The number of amides is 1. The molecule has 1 spiro atoms. The average Bonchev–Trinajstić information content (AvgIpc) is 3.05. The monoisotopic (exact) mass is 358 g/mol. The summed E-state index contributed by atoms with van der Waals surface area (Å²) in [7, 11) is 0. The molecule has 126 valence electrons. The van der Waals surface area contributed by atoms with Gasteiger partial charge in [0.1, 0.15) is 0 Å². The summed E-state index contributed by atoms with van der Waals surface area (Å²) in [5.41, 5.74) is 1.42. The van der Waals surface area contributed by atoms with E-state index in [0.29, 0.717) is 21.5 Å². The molecule has 3 fully saturated rings. The minimum absolute atomic E-state index is 0.142. The van der Waals surface area contributed by atoms with E-state index in [9.17, 15) is 4.79 Å². The van der Waals surface area contributed by atoms with E-state index in [1.165, 1.54) is 30.8 Å². The van der Waals surface area contributed by atoms with Crippen LogP contribution in [0.4, 0.5) is 5.69 Å². The van der Waals surface area contributed by atoms with Crippen LogP contribution >= 0.6 is 23.5 Å². The Morgan fingerprint density at radius 1 is 1.12 bits per heavy atom. The molecular formula is C19H22N2OS2. The van der Waals surface area contributed by atoms with Crippen LogP contribution in [0.3, 0.4) is 0 Å². The fourth-order valence-corrected chi connectivity index (χ4v) is 8.63. The van der Waals surface area contributed by atoms with Crippen molar-refractivity contribution in [3.63, 3.8) is 0 Å². The minimum Gasteiger partial charge on any atom is -0.326 e. The van der Waals surface area contributed by atoms with Crippen LogP contribution in [-0.2, 0) is 4.79 Å². The molecule has 2 bridgehead atoms. The molecule has 1 unspecified atom stereocenters. The van der Waals surface area contributed by atoms with Gasteiger partial charge < -0.3 is 5.32 Å². The van der Waals surface area contributed by atoms with Crippen LogP contribution in [-0.4, -0.2) is 21.5 Å². The number of anilines is 1. The van der Waals surface area contributed by atoms with E-state index in [-0.39, 0.29) is 11.8 Å². The van der Waals surface area contributed by atoms with Crippen molar-refractivity contribution < 1.29 is 4.79 Å². The van der Waals surface area contributed by atoms with Gasteiger partial charge in [-0.05, 0) is 61.8 Å². The first-order chi connectivity index (χ1) is 11.7. The van der Waals surface area contributed by atoms with Gasteiger partial charge in [0.25, 0.3) is 0 Å². The Labute approximate surface area is 152 Å². The Bertz CT molecular complexity index is 645. The van der Waals surface area contributed by atoms with Gasteiger partial charge in [-0.3, -0.25) is 4.79 Å². The number of carbonyl (C=O) groups is 1. The quantitative estimate of drug-likeness (QED) is 0.846. The second kappa shape index (κ2) is 6.65. The molecule has 2 aliphatic carbocycles. The van der Waals surface area contributed by atoms with Crippen LogP contribution in [0.25, 0.3) is 0 Å². The lowest BCUT2D eigenvalue weighted by Crippen LogP contribution is -2.48. The Morgan fingerprint density at radius 2 is 1.75 bits per heavy atom. The number of benzene rings is 1. The second-order valence-electron chi connectivity index (χ2n) is 7.09. The highest BCUT2D eigenvalue weighted by atomic mass is 32.2. The van der Waals surface area contributed by atoms with Crippen molar-refractivity contribution in [1.82, 2.24) is 0 Å². The maximum atomic E-state index is 12.8. The maximum absolute atomic E-state index is 12.8. The first-order valence-electron chi connectivity index (χ1n) is 8.80. The zero-order valence-corrected chi connectivity index (χ0v) is 15.3. The maximum Gasteiger partial charge on any atom is 0.227 e. The van der Waals surface area contributed by atoms with Crippen LogP contribution in [0.15, 0.2) is 24.3 Å². The molecular weight excluding hydrogens is 336 g/mol. The molecule has 0 aromatic heterocycles. The van der Waals surface area contributed by atoms with E-state index < -0.39 is 0 Å². The van der Waals surface area contributed by atoms with Crippen molar-refractivity contribution in [2.24, 2.45) is 17.8 Å². The summed E-state index contributed by atoms with van der Waals surface area (Å²) in [5, 5.41) is 11.9. The third-order valence-corrected chi connectivity index (χ3v) is 9.79. The van der Waals surface area contributed by atoms with Crippen molar-refractivity contribution in [3.8, 4) is 6.07 Å². The lowest BCUT2D eigenvalue weighted by molar-refractivity contribution is -0.122. The molecule has 1 aromatic carbocycles. The fraction of sp³-hybridized carbons (Fsp3) is 0.579. The third kappa shape index (κ3) is 2.84. The molecule has 4 rings (SSSR count). The smallest absolute Gasteiger partial charge is 0.227 e. The summed E-state index contributed by atoms with van der Waals surface area (Å²) in [6.07, 6.45) is 5.99. The Balaban J connectivity index is 1.45. The molecule has 2 saturated carbocycles. The van der Waals surface area contributed by atoms with Gasteiger partial charge in [-0.25, -0.2) is 0 Å². The molecule has 1 aliphatic heterocycles. The zero-order chi connectivity index (χ0) is 16.6. The van der Waals surface area contributed by atoms with Crippen LogP contribution in [0, 0.1) is 29.1 Å². The highest BCUT2D eigenvalue weighted by Gasteiger charge is 2.55. The molecule has 3 atom stereocenters. The van der Waals surface area contributed by atoms with Gasteiger partial charge in [0.2, 0.25) is 5.91 Å². The highest BCUT2D eigenvalue weighted by Crippen LogP contribution is 2.64. The standard InChI is InChI=1S/C19H22N2OS2/c20-12-13-4-6-17(7-5-13)21-18(22)14-10-15-2-1-3-16(11-14)19(15)23-8-9-24-19/h4-7,14-16H,1-3,8-11H2,(H,21,22)/t14?,15-,16+. The molecule has 3 nitrogen and oxygen atoms in total. The van der Waals surface area contributed by atoms with E-state index >= 15 is 0 Å². The van der Waals surface area contributed by atoms with Crippen molar-refractivity contribution in [3.05, 3.63) is 29.8 Å². The van der Waals surface area contributed by atoms with Gasteiger partial charge in [-0.15, -0.1) is 23.5 Å². The van der Waals surface area contributed by atoms with E-state index in [1.807, 2.05) is 12.1 Å². The van der Waals surface area contributed by atoms with E-state index in [2.05, 4.69) is 34.9 Å². The molecule has 1 saturated heterocycles. The van der Waals surface area contributed by atoms with Crippen molar-refractivity contribution in [2.75, 3.05) is 16.8 Å². The number of carbonyl (C=O) groups excluding carboxylic acids is 1. The lowest BCUT2D eigenvalue weighted by atomic mass is 9.67. The van der Waals surface area contributed by atoms with Crippen molar-refractivity contribution >= 4 is 35.1 Å². The number of nitrogens with one attached hydrogen (secondary N) is 1. The van der Waals surface area contributed by atoms with Gasteiger partial charge in [-0.1, -0.05) is 6.42 Å². The predicted molar refractivity (Wildman–Crippen MR) is 101 cm³/mol. The lowest BCUT2D eigenvalue weighted by Gasteiger charge is -2.52. The van der Waals surface area contributed by atoms with Gasteiger partial charge in [0.05, 0.1) is 15.7 Å². The summed E-state index contributed by atoms with van der Waals surface area (Å²) in [6, 6.07) is 9.27. The molecule has 1 heterocycles. The third-order valence-electron chi connectivity index (χ3n) is 5.77. The average molecular weight is 359 g/mol. The number of hydrogen-bond acceptors (Lipinski definition) is 4. The Kier molecular flexibility index (Phi) is 4.53. The van der Waals surface area contributed by atoms with E-state index in [0.717, 1.165) is 18.5 Å². The summed E-state index contributed by atoms with van der Waals surface area (Å²) < 4.78 is 0.420.